The van der Waals surface area contributed by atoms with E-state index in [1.807, 2.05) is 48.5 Å². The van der Waals surface area contributed by atoms with E-state index in [4.69, 9.17) is 10.5 Å². The van der Waals surface area contributed by atoms with E-state index in [-0.39, 0.29) is 15.0 Å². The van der Waals surface area contributed by atoms with E-state index < -0.39 is 0 Å². The average Bonchev–Trinajstić information content (AvgIpc) is 2.40. The maximum absolute atomic E-state index is 9.02. The van der Waals surface area contributed by atoms with Crippen LogP contribution in [-0.4, -0.2) is 15.0 Å². The number of hydrogen-bond acceptors (Lipinski definition) is 2. The molecule has 0 saturated heterocycles. The van der Waals surface area contributed by atoms with Crippen LogP contribution in [0.1, 0.15) is 11.1 Å². The molecule has 3 heteroatoms. The number of nitriles is 2. The van der Waals surface area contributed by atoms with Gasteiger partial charge in [-0.2, -0.15) is 0 Å². The SMILES string of the molecule is N#Cc1ccccc1[Se]c1ccccc1C#N. The zero-order valence-electron chi connectivity index (χ0n) is 8.92. The van der Waals surface area contributed by atoms with Gasteiger partial charge in [0.25, 0.3) is 0 Å². The van der Waals surface area contributed by atoms with E-state index in [9.17, 15) is 0 Å². The van der Waals surface area contributed by atoms with Gasteiger partial charge in [-0.25, -0.2) is 0 Å². The first-order valence-electron chi connectivity index (χ1n) is 5.01. The molecule has 0 aliphatic carbocycles. The second-order valence-corrected chi connectivity index (χ2v) is 5.59. The van der Waals surface area contributed by atoms with Crippen molar-refractivity contribution in [2.24, 2.45) is 0 Å². The van der Waals surface area contributed by atoms with Crippen LogP contribution < -0.4 is 8.92 Å². The average molecular weight is 283 g/mol. The van der Waals surface area contributed by atoms with E-state index in [1.54, 1.807) is 0 Å². The molecule has 0 saturated carbocycles. The van der Waals surface area contributed by atoms with E-state index in [0.717, 1.165) is 8.92 Å². The topological polar surface area (TPSA) is 47.6 Å². The van der Waals surface area contributed by atoms with Crippen molar-refractivity contribution in [3.05, 3.63) is 59.7 Å². The fourth-order valence-corrected chi connectivity index (χ4v) is 3.47. The van der Waals surface area contributed by atoms with Gasteiger partial charge in [0.05, 0.1) is 0 Å². The summed E-state index contributed by atoms with van der Waals surface area (Å²) < 4.78 is 2.04. The molecule has 0 aromatic heterocycles. The standard InChI is InChI=1S/C14H8N2Se/c15-9-11-5-1-3-7-13(11)17-14-8-4-2-6-12(14)10-16/h1-8H. The Morgan fingerprint density at radius 3 is 1.53 bits per heavy atom. The third kappa shape index (κ3) is 2.55. The van der Waals surface area contributed by atoms with E-state index >= 15 is 0 Å². The third-order valence-corrected chi connectivity index (χ3v) is 4.65. The van der Waals surface area contributed by atoms with Gasteiger partial charge in [0.15, 0.2) is 0 Å². The second kappa shape index (κ2) is 5.32. The Bertz CT molecular complexity index is 565. The quantitative estimate of drug-likeness (QED) is 0.774. The third-order valence-electron chi connectivity index (χ3n) is 2.23. The van der Waals surface area contributed by atoms with Gasteiger partial charge >= 0.3 is 106 Å². The predicted molar refractivity (Wildman–Crippen MR) is 67.3 cm³/mol. The monoisotopic (exact) mass is 284 g/mol. The van der Waals surface area contributed by atoms with Crippen LogP contribution in [0.25, 0.3) is 0 Å². The van der Waals surface area contributed by atoms with Crippen molar-refractivity contribution < 1.29 is 0 Å². The molecule has 0 bridgehead atoms. The summed E-state index contributed by atoms with van der Waals surface area (Å²) in [6, 6.07) is 19.5. The molecule has 2 aromatic carbocycles. The second-order valence-electron chi connectivity index (χ2n) is 3.32. The Labute approximate surface area is 106 Å². The molecule has 0 fully saturated rings. The summed E-state index contributed by atoms with van der Waals surface area (Å²) in [4.78, 5) is 0. The van der Waals surface area contributed by atoms with Gasteiger partial charge in [-0.3, -0.25) is 0 Å². The minimum absolute atomic E-state index is 0.00134. The summed E-state index contributed by atoms with van der Waals surface area (Å²) in [7, 11) is 0. The van der Waals surface area contributed by atoms with Crippen LogP contribution in [0.15, 0.2) is 48.5 Å². The molecule has 2 nitrogen and oxygen atoms in total. The van der Waals surface area contributed by atoms with Gasteiger partial charge < -0.3 is 0 Å². The van der Waals surface area contributed by atoms with Crippen LogP contribution in [0, 0.1) is 22.7 Å². The molecule has 0 aliphatic rings. The Morgan fingerprint density at radius 1 is 0.706 bits per heavy atom. The number of rotatable bonds is 2. The van der Waals surface area contributed by atoms with Gasteiger partial charge in [0.2, 0.25) is 0 Å². The van der Waals surface area contributed by atoms with E-state index in [2.05, 4.69) is 12.1 Å². The molecular formula is C14H8N2Se. The van der Waals surface area contributed by atoms with Gasteiger partial charge in [0.1, 0.15) is 0 Å². The van der Waals surface area contributed by atoms with Crippen LogP contribution >= 0.6 is 0 Å². The van der Waals surface area contributed by atoms with Gasteiger partial charge in [-0.15, -0.1) is 0 Å². The minimum atomic E-state index is -0.00134. The molecule has 80 valence electrons. The summed E-state index contributed by atoms with van der Waals surface area (Å²) in [5, 5.41) is 18.0. The van der Waals surface area contributed by atoms with Gasteiger partial charge in [-0.05, 0) is 0 Å². The van der Waals surface area contributed by atoms with Crippen molar-refractivity contribution in [3.63, 3.8) is 0 Å². The first kappa shape index (κ1) is 11.4. The summed E-state index contributed by atoms with van der Waals surface area (Å²) in [6.07, 6.45) is 0. The summed E-state index contributed by atoms with van der Waals surface area (Å²) in [6.45, 7) is 0. The molecule has 0 heterocycles. The molecule has 17 heavy (non-hydrogen) atoms. The van der Waals surface area contributed by atoms with Crippen LogP contribution in [0.3, 0.4) is 0 Å². The van der Waals surface area contributed by atoms with E-state index in [0.29, 0.717) is 11.1 Å². The summed E-state index contributed by atoms with van der Waals surface area (Å²) >= 11 is -0.00134. The number of benzene rings is 2. The van der Waals surface area contributed by atoms with Crippen molar-refractivity contribution in [3.8, 4) is 12.1 Å². The van der Waals surface area contributed by atoms with Crippen LogP contribution in [0.4, 0.5) is 0 Å². The zero-order valence-corrected chi connectivity index (χ0v) is 10.6. The van der Waals surface area contributed by atoms with Crippen LogP contribution in [0.2, 0.25) is 0 Å². The van der Waals surface area contributed by atoms with Crippen LogP contribution in [-0.2, 0) is 0 Å². The van der Waals surface area contributed by atoms with E-state index in [1.165, 1.54) is 0 Å². The first-order valence-corrected chi connectivity index (χ1v) is 6.72. The van der Waals surface area contributed by atoms with Crippen molar-refractivity contribution in [2.75, 3.05) is 0 Å². The van der Waals surface area contributed by atoms with Crippen molar-refractivity contribution in [2.45, 2.75) is 0 Å². The molecule has 2 rings (SSSR count). The summed E-state index contributed by atoms with van der Waals surface area (Å²) in [5.74, 6) is 0. The van der Waals surface area contributed by atoms with Crippen molar-refractivity contribution >= 4 is 23.9 Å². The molecule has 2 aromatic rings. The Kier molecular flexibility index (Phi) is 3.58. The fourth-order valence-electron chi connectivity index (χ4n) is 1.41. The Balaban J connectivity index is 2.40. The molecular weight excluding hydrogens is 275 g/mol. The van der Waals surface area contributed by atoms with Gasteiger partial charge in [-0.1, -0.05) is 0 Å². The molecule has 0 amide bonds. The fraction of sp³-hybridized carbons (Fsp3) is 0. The Hall–Kier alpha value is -2.06. The normalized spacial score (nSPS) is 9.29. The van der Waals surface area contributed by atoms with Gasteiger partial charge in [0, 0.05) is 0 Å². The molecule has 0 spiro atoms. The molecule has 0 atom stereocenters. The number of nitrogens with zero attached hydrogens (tertiary/aromatic N) is 2. The maximum atomic E-state index is 9.02. The van der Waals surface area contributed by atoms with Crippen molar-refractivity contribution in [1.82, 2.24) is 0 Å². The Morgan fingerprint density at radius 2 is 1.12 bits per heavy atom. The number of hydrogen-bond donors (Lipinski definition) is 0. The molecule has 0 radical (unpaired) electrons. The zero-order chi connectivity index (χ0) is 12.1. The first-order chi connectivity index (χ1) is 8.35. The summed E-state index contributed by atoms with van der Waals surface area (Å²) in [5.41, 5.74) is 1.39. The molecule has 0 unspecified atom stereocenters. The van der Waals surface area contributed by atoms with Crippen LogP contribution in [0.5, 0.6) is 0 Å². The molecule has 0 aliphatic heterocycles. The van der Waals surface area contributed by atoms with Crippen molar-refractivity contribution in [1.29, 1.82) is 10.5 Å². The molecule has 0 N–H and O–H groups in total. The predicted octanol–water partition coefficient (Wildman–Crippen LogP) is 1.08.